The van der Waals surface area contributed by atoms with Gasteiger partial charge in [-0.25, -0.2) is 0 Å². The van der Waals surface area contributed by atoms with Crippen LogP contribution in [-0.4, -0.2) is 48.8 Å². The molecule has 0 fully saturated rings. The van der Waals surface area contributed by atoms with Gasteiger partial charge in [0.05, 0.1) is 0 Å². The van der Waals surface area contributed by atoms with Crippen molar-refractivity contribution >= 4 is 51.8 Å². The van der Waals surface area contributed by atoms with Crippen LogP contribution in [-0.2, 0) is 0 Å². The van der Waals surface area contributed by atoms with Gasteiger partial charge in [-0.3, -0.25) is 10.9 Å². The second-order valence-electron chi connectivity index (χ2n) is 6.67. The van der Waals surface area contributed by atoms with Gasteiger partial charge in [-0.1, -0.05) is 42.5 Å². The van der Waals surface area contributed by atoms with Gasteiger partial charge in [0.15, 0.2) is 10.2 Å². The zero-order valence-corrected chi connectivity index (χ0v) is 19.9. The van der Waals surface area contributed by atoms with Crippen molar-refractivity contribution in [3.05, 3.63) is 65.7 Å². The van der Waals surface area contributed by atoms with Crippen LogP contribution in [0.2, 0.25) is 0 Å². The van der Waals surface area contributed by atoms with Gasteiger partial charge in [0.1, 0.15) is 11.4 Å². The quantitative estimate of drug-likeness (QED) is 0.277. The molecule has 0 spiro atoms. The molecule has 2 aromatic carbocycles. The lowest BCUT2D eigenvalue weighted by molar-refractivity contribution is 0.897. The first-order valence-electron chi connectivity index (χ1n) is 10.0. The summed E-state index contributed by atoms with van der Waals surface area (Å²) in [7, 11) is 4.01. The predicted molar refractivity (Wildman–Crippen MR) is 139 cm³/mol. The van der Waals surface area contributed by atoms with E-state index < -0.39 is 0 Å². The lowest BCUT2D eigenvalue weighted by Crippen LogP contribution is -2.35. The molecule has 0 unspecified atom stereocenters. The third kappa shape index (κ3) is 7.62. The van der Waals surface area contributed by atoms with Gasteiger partial charge in [-0.05, 0) is 50.4 Å². The average Bonchev–Trinajstić information content (AvgIpc) is 2.77. The molecular weight excluding hydrogens is 426 g/mol. The Morgan fingerprint density at radius 1 is 0.742 bits per heavy atom. The summed E-state index contributed by atoms with van der Waals surface area (Å²) >= 11 is 10.6. The molecule has 0 saturated heterocycles. The molecule has 0 amide bonds. The lowest BCUT2D eigenvalue weighted by atomic mass is 9.99. The SMILES string of the molecule is CCNC(=S)NN=C(C(=NNC(=S)NCC)c1ccc(N(C)C)cc1)c1ccccc1. The fourth-order valence-corrected chi connectivity index (χ4v) is 3.02. The number of anilines is 1. The molecule has 2 aromatic rings. The normalized spacial score (nSPS) is 11.5. The van der Waals surface area contributed by atoms with E-state index in [0.29, 0.717) is 34.7 Å². The number of hydrogen-bond donors (Lipinski definition) is 4. The standard InChI is InChI=1S/C22H29N7S2/c1-5-23-21(30)27-25-19(16-10-8-7-9-11-16)20(26-28-22(31)24-6-2)17-12-14-18(15-13-17)29(3)4/h7-15H,5-6H2,1-4H3,(H2,23,27,30)(H2,24,28,31). The molecule has 0 aliphatic carbocycles. The van der Waals surface area contributed by atoms with Gasteiger partial charge in [0, 0.05) is 44.0 Å². The summed E-state index contributed by atoms with van der Waals surface area (Å²) in [5.41, 5.74) is 9.96. The van der Waals surface area contributed by atoms with Crippen LogP contribution < -0.4 is 26.4 Å². The average molecular weight is 456 g/mol. The maximum atomic E-state index is 5.30. The van der Waals surface area contributed by atoms with E-state index in [2.05, 4.69) is 31.7 Å². The molecule has 0 radical (unpaired) electrons. The van der Waals surface area contributed by atoms with Gasteiger partial charge in [0.2, 0.25) is 0 Å². The molecule has 0 saturated carbocycles. The van der Waals surface area contributed by atoms with Gasteiger partial charge in [-0.15, -0.1) is 0 Å². The Labute approximate surface area is 195 Å². The van der Waals surface area contributed by atoms with E-state index in [1.807, 2.05) is 87.4 Å². The van der Waals surface area contributed by atoms with Crippen molar-refractivity contribution in [1.82, 2.24) is 21.5 Å². The fourth-order valence-electron chi connectivity index (χ4n) is 2.64. The van der Waals surface area contributed by atoms with E-state index in [1.54, 1.807) is 0 Å². The molecule has 164 valence electrons. The first kappa shape index (κ1) is 24.2. The van der Waals surface area contributed by atoms with Crippen LogP contribution in [0.4, 0.5) is 5.69 Å². The van der Waals surface area contributed by atoms with E-state index >= 15 is 0 Å². The first-order valence-corrected chi connectivity index (χ1v) is 10.8. The van der Waals surface area contributed by atoms with Crippen LogP contribution in [0, 0.1) is 0 Å². The summed E-state index contributed by atoms with van der Waals surface area (Å²) in [5.74, 6) is 0. The highest BCUT2D eigenvalue weighted by Gasteiger charge is 2.16. The second-order valence-corrected chi connectivity index (χ2v) is 7.49. The van der Waals surface area contributed by atoms with Crippen molar-refractivity contribution in [3.63, 3.8) is 0 Å². The molecule has 0 aliphatic heterocycles. The minimum atomic E-state index is 0.438. The Hall–Kier alpha value is -3.04. The summed E-state index contributed by atoms with van der Waals surface area (Å²) in [5, 5.41) is 16.2. The predicted octanol–water partition coefficient (Wildman–Crippen LogP) is 2.83. The molecule has 0 bridgehead atoms. The van der Waals surface area contributed by atoms with Crippen molar-refractivity contribution in [2.24, 2.45) is 10.2 Å². The number of benzene rings is 2. The third-order valence-electron chi connectivity index (χ3n) is 4.14. The molecule has 9 heteroatoms. The van der Waals surface area contributed by atoms with Gasteiger partial charge in [-0.2, -0.15) is 10.2 Å². The van der Waals surface area contributed by atoms with Crippen molar-refractivity contribution in [1.29, 1.82) is 0 Å². The zero-order chi connectivity index (χ0) is 22.6. The topological polar surface area (TPSA) is 76.1 Å². The Bertz CT molecular complexity index is 923. The summed E-state index contributed by atoms with van der Waals surface area (Å²) in [6, 6.07) is 17.9. The maximum Gasteiger partial charge on any atom is 0.186 e. The molecule has 0 aromatic heterocycles. The van der Waals surface area contributed by atoms with Gasteiger partial charge >= 0.3 is 0 Å². The summed E-state index contributed by atoms with van der Waals surface area (Å²) in [6.07, 6.45) is 0. The lowest BCUT2D eigenvalue weighted by Gasteiger charge is -2.16. The Balaban J connectivity index is 2.53. The number of nitrogens with zero attached hydrogens (tertiary/aromatic N) is 3. The zero-order valence-electron chi connectivity index (χ0n) is 18.3. The van der Waals surface area contributed by atoms with Crippen LogP contribution in [0.15, 0.2) is 64.8 Å². The van der Waals surface area contributed by atoms with Crippen LogP contribution in [0.1, 0.15) is 25.0 Å². The van der Waals surface area contributed by atoms with Crippen LogP contribution in [0.5, 0.6) is 0 Å². The molecule has 7 nitrogen and oxygen atoms in total. The number of hydrogen-bond acceptors (Lipinski definition) is 5. The molecule has 2 rings (SSSR count). The van der Waals surface area contributed by atoms with Crippen LogP contribution in [0.3, 0.4) is 0 Å². The largest absolute Gasteiger partial charge is 0.378 e. The van der Waals surface area contributed by atoms with Crippen molar-refractivity contribution in [2.45, 2.75) is 13.8 Å². The third-order valence-corrected chi connectivity index (χ3v) is 4.61. The molecular formula is C22H29N7S2. The Kier molecular flexibility index (Phi) is 9.86. The smallest absolute Gasteiger partial charge is 0.186 e. The molecule has 0 aliphatic rings. The van der Waals surface area contributed by atoms with Crippen LogP contribution >= 0.6 is 24.4 Å². The van der Waals surface area contributed by atoms with E-state index in [-0.39, 0.29) is 0 Å². The van der Waals surface area contributed by atoms with E-state index in [1.165, 1.54) is 0 Å². The molecule has 0 atom stereocenters. The van der Waals surface area contributed by atoms with Crippen molar-refractivity contribution < 1.29 is 0 Å². The number of rotatable bonds is 8. The molecule has 4 N–H and O–H groups in total. The maximum absolute atomic E-state index is 5.30. The molecule has 0 heterocycles. The number of thiocarbonyl (C=S) groups is 2. The van der Waals surface area contributed by atoms with Gasteiger partial charge in [0.25, 0.3) is 0 Å². The Morgan fingerprint density at radius 2 is 1.19 bits per heavy atom. The summed E-state index contributed by atoms with van der Waals surface area (Å²) in [6.45, 7) is 5.35. The minimum Gasteiger partial charge on any atom is -0.378 e. The Morgan fingerprint density at radius 3 is 1.61 bits per heavy atom. The van der Waals surface area contributed by atoms with Crippen molar-refractivity contribution in [3.8, 4) is 0 Å². The molecule has 31 heavy (non-hydrogen) atoms. The summed E-state index contributed by atoms with van der Waals surface area (Å²) < 4.78 is 0. The fraction of sp³-hybridized carbons (Fsp3) is 0.273. The summed E-state index contributed by atoms with van der Waals surface area (Å²) in [4.78, 5) is 2.04. The van der Waals surface area contributed by atoms with E-state index in [9.17, 15) is 0 Å². The first-order chi connectivity index (χ1) is 15.0. The van der Waals surface area contributed by atoms with Crippen molar-refractivity contribution in [2.75, 3.05) is 32.1 Å². The highest BCUT2D eigenvalue weighted by molar-refractivity contribution is 7.80. The second kappa shape index (κ2) is 12.6. The highest BCUT2D eigenvalue weighted by atomic mass is 32.1. The number of nitrogens with one attached hydrogen (secondary N) is 4. The minimum absolute atomic E-state index is 0.438. The highest BCUT2D eigenvalue weighted by Crippen LogP contribution is 2.15. The van der Waals surface area contributed by atoms with E-state index in [0.717, 1.165) is 16.8 Å². The number of hydrazone groups is 2. The van der Waals surface area contributed by atoms with Gasteiger partial charge < -0.3 is 15.5 Å². The monoisotopic (exact) mass is 455 g/mol. The van der Waals surface area contributed by atoms with E-state index in [4.69, 9.17) is 24.4 Å². The van der Waals surface area contributed by atoms with Crippen LogP contribution in [0.25, 0.3) is 0 Å².